The monoisotopic (exact) mass is 664 g/mol. The van der Waals surface area contributed by atoms with Crippen molar-refractivity contribution in [1.82, 2.24) is 9.88 Å². The van der Waals surface area contributed by atoms with E-state index >= 15 is 0 Å². The predicted molar refractivity (Wildman–Crippen MR) is 158 cm³/mol. The fourth-order valence-electron chi connectivity index (χ4n) is 7.42. The van der Waals surface area contributed by atoms with Crippen LogP contribution >= 0.6 is 46.3 Å². The van der Waals surface area contributed by atoms with Crippen LogP contribution in [0.5, 0.6) is 0 Å². The lowest BCUT2D eigenvalue weighted by atomic mass is 9.68. The third-order valence-electron chi connectivity index (χ3n) is 8.90. The fraction of sp³-hybridized carbons (Fsp3) is 0.333. The Labute approximate surface area is 258 Å². The fourth-order valence-corrected chi connectivity index (χ4v) is 11.2. The summed E-state index contributed by atoms with van der Waals surface area (Å²) in [4.78, 5) is 57.3. The number of primary sulfonamides is 1. The number of thiazole rings is 1. The first-order valence-electron chi connectivity index (χ1n) is 13.1. The van der Waals surface area contributed by atoms with Gasteiger partial charge in [-0.05, 0) is 60.1 Å². The third-order valence-corrected chi connectivity index (χ3v) is 13.3. The number of hydrogen-bond acceptors (Lipinski definition) is 8. The molecule has 10 nitrogen and oxygen atoms in total. The molecule has 0 radical (unpaired) electrons. The van der Waals surface area contributed by atoms with Gasteiger partial charge in [0, 0.05) is 21.7 Å². The van der Waals surface area contributed by atoms with Gasteiger partial charge < -0.3 is 10.3 Å². The lowest BCUT2D eigenvalue weighted by molar-refractivity contribution is -0.143. The Hall–Kier alpha value is -2.68. The van der Waals surface area contributed by atoms with Crippen LogP contribution in [0.15, 0.2) is 57.2 Å². The maximum Gasteiger partial charge on any atom is 0.305 e. The summed E-state index contributed by atoms with van der Waals surface area (Å²) >= 11 is 15.8. The van der Waals surface area contributed by atoms with Crippen molar-refractivity contribution in [2.75, 3.05) is 11.9 Å². The van der Waals surface area contributed by atoms with E-state index in [9.17, 15) is 27.6 Å². The van der Waals surface area contributed by atoms with Gasteiger partial charge >= 0.3 is 4.87 Å². The number of anilines is 1. The van der Waals surface area contributed by atoms with Gasteiger partial charge in [0.15, 0.2) is 0 Å². The number of imide groups is 1. The number of benzene rings is 2. The number of nitrogens with zero attached hydrogens (tertiary/aromatic N) is 1. The number of hydrogen-bond donors (Lipinski definition) is 3. The molecule has 1 aromatic heterocycles. The minimum absolute atomic E-state index is 0.0306. The van der Waals surface area contributed by atoms with Gasteiger partial charge in [0.25, 0.3) is 0 Å². The molecule has 7 atom stereocenters. The number of aromatic nitrogens is 1. The molecule has 3 fully saturated rings. The summed E-state index contributed by atoms with van der Waals surface area (Å²) in [6, 6.07) is 10.7. The summed E-state index contributed by atoms with van der Waals surface area (Å²) in [7, 11) is -3.89. The number of sulfonamides is 1. The standard InChI is InChI=1S/C27H22Cl2N4O6S3/c28-15-3-1-2-12(21(15)29)17-18-13-8-14(22(18)40-24-23(17)41-27(37)32-24)20-19(13)25(35)33(26(20)36)9-16(34)31-10-4-6-11(7-5-10)42(30,38)39/h1-7,13-14,17-20,22H,8-9H2,(H,31,34)(H,32,37)(H2,30,38,39)/t13?,14?,17-,18?,19?,20?,22?/m1/s1. The Morgan fingerprint density at radius 3 is 2.43 bits per heavy atom. The highest BCUT2D eigenvalue weighted by atomic mass is 35.5. The van der Waals surface area contributed by atoms with E-state index in [1.54, 1.807) is 17.8 Å². The van der Waals surface area contributed by atoms with E-state index in [1.165, 1.54) is 24.3 Å². The molecule has 2 aliphatic carbocycles. The SMILES string of the molecule is NS(=O)(=O)c1ccc(NC(=O)CN2C(=O)C3C4CC(C3C2=O)C2C4Sc3[nH]c(=O)sc3[C@@H]2c2cccc(Cl)c2Cl)cc1. The molecular weight excluding hydrogens is 643 g/mol. The van der Waals surface area contributed by atoms with E-state index in [0.717, 1.165) is 31.7 Å². The lowest BCUT2D eigenvalue weighted by Gasteiger charge is -2.43. The average Bonchev–Trinajstić information content (AvgIpc) is 3.66. The number of thioether (sulfide) groups is 1. The second-order valence-electron chi connectivity index (χ2n) is 11.0. The molecule has 2 bridgehead atoms. The number of nitrogens with one attached hydrogen (secondary N) is 2. The predicted octanol–water partition coefficient (Wildman–Crippen LogP) is 3.50. The molecule has 7 rings (SSSR count). The molecule has 4 aliphatic rings. The van der Waals surface area contributed by atoms with Crippen molar-refractivity contribution in [3.8, 4) is 0 Å². The summed E-state index contributed by atoms with van der Waals surface area (Å²) in [6.07, 6.45) is 0.694. The van der Waals surface area contributed by atoms with Gasteiger partial charge in [0.2, 0.25) is 27.7 Å². The van der Waals surface area contributed by atoms with Crippen LogP contribution < -0.4 is 15.3 Å². The first-order valence-corrected chi connectivity index (χ1v) is 17.1. The molecule has 42 heavy (non-hydrogen) atoms. The maximum atomic E-state index is 13.8. The topological polar surface area (TPSA) is 159 Å². The van der Waals surface area contributed by atoms with E-state index in [-0.39, 0.29) is 50.5 Å². The lowest BCUT2D eigenvalue weighted by Crippen LogP contribution is -2.42. The largest absolute Gasteiger partial charge is 0.325 e. The molecule has 15 heteroatoms. The van der Waals surface area contributed by atoms with E-state index in [0.29, 0.717) is 22.2 Å². The first kappa shape index (κ1) is 28.1. The number of rotatable bonds is 5. The second-order valence-corrected chi connectivity index (χ2v) is 15.5. The summed E-state index contributed by atoms with van der Waals surface area (Å²) in [5.41, 5.74) is 1.09. The Bertz CT molecular complexity index is 1840. The third kappa shape index (κ3) is 4.27. The number of fused-ring (bicyclic) bond motifs is 9. The second kappa shape index (κ2) is 9.93. The summed E-state index contributed by atoms with van der Waals surface area (Å²) in [5, 5.41) is 9.27. The number of halogens is 2. The highest BCUT2D eigenvalue weighted by molar-refractivity contribution is 8.00. The van der Waals surface area contributed by atoms with Crippen LogP contribution in [0.2, 0.25) is 10.0 Å². The minimum atomic E-state index is -3.89. The number of aromatic amines is 1. The van der Waals surface area contributed by atoms with Gasteiger partial charge in [-0.2, -0.15) is 0 Å². The molecule has 6 unspecified atom stereocenters. The van der Waals surface area contributed by atoms with E-state index < -0.39 is 34.3 Å². The molecule has 2 aliphatic heterocycles. The van der Waals surface area contributed by atoms with Crippen LogP contribution in [0, 0.1) is 29.6 Å². The Balaban J connectivity index is 1.16. The number of amides is 3. The number of H-pyrrole nitrogens is 1. The van der Waals surface area contributed by atoms with E-state index in [1.807, 2.05) is 12.1 Å². The van der Waals surface area contributed by atoms with Crippen LogP contribution in [-0.2, 0) is 24.4 Å². The Morgan fingerprint density at radius 2 is 1.74 bits per heavy atom. The van der Waals surface area contributed by atoms with Gasteiger partial charge in [0.1, 0.15) is 6.54 Å². The van der Waals surface area contributed by atoms with Gasteiger partial charge in [-0.25, -0.2) is 13.6 Å². The van der Waals surface area contributed by atoms with Crippen molar-refractivity contribution in [3.63, 3.8) is 0 Å². The molecule has 2 aromatic carbocycles. The van der Waals surface area contributed by atoms with Crippen molar-refractivity contribution in [1.29, 1.82) is 0 Å². The number of nitrogens with two attached hydrogens (primary N) is 1. The zero-order valence-electron chi connectivity index (χ0n) is 21.5. The highest BCUT2D eigenvalue weighted by Crippen LogP contribution is 2.69. The summed E-state index contributed by atoms with van der Waals surface area (Å²) in [6.45, 7) is -0.451. The van der Waals surface area contributed by atoms with Crippen molar-refractivity contribution in [2.45, 2.75) is 27.5 Å². The smallest absolute Gasteiger partial charge is 0.305 e. The summed E-state index contributed by atoms with van der Waals surface area (Å²) in [5.74, 6) is -2.99. The van der Waals surface area contributed by atoms with Crippen LogP contribution in [0.4, 0.5) is 5.69 Å². The highest BCUT2D eigenvalue weighted by Gasteiger charge is 2.69. The van der Waals surface area contributed by atoms with Crippen LogP contribution in [0.25, 0.3) is 0 Å². The summed E-state index contributed by atoms with van der Waals surface area (Å²) < 4.78 is 23.0. The molecule has 218 valence electrons. The zero-order valence-corrected chi connectivity index (χ0v) is 25.4. The molecule has 1 saturated heterocycles. The van der Waals surface area contributed by atoms with Crippen LogP contribution in [0.1, 0.15) is 22.8 Å². The molecule has 3 heterocycles. The maximum absolute atomic E-state index is 13.8. The normalized spacial score (nSPS) is 29.4. The number of carbonyl (C=O) groups is 3. The van der Waals surface area contributed by atoms with Crippen molar-refractivity contribution >= 4 is 79.7 Å². The molecular formula is C27H22Cl2N4O6S3. The van der Waals surface area contributed by atoms with E-state index in [4.69, 9.17) is 28.3 Å². The molecule has 0 spiro atoms. The van der Waals surface area contributed by atoms with Gasteiger partial charge in [-0.3, -0.25) is 24.1 Å². The number of likely N-dealkylation sites (tertiary alicyclic amines) is 1. The van der Waals surface area contributed by atoms with Crippen LogP contribution in [0.3, 0.4) is 0 Å². The zero-order chi connectivity index (χ0) is 29.7. The first-order chi connectivity index (χ1) is 19.9. The van der Waals surface area contributed by atoms with Gasteiger partial charge in [0.05, 0.1) is 31.8 Å². The number of carbonyl (C=O) groups excluding carboxylic acids is 3. The average molecular weight is 666 g/mol. The quantitative estimate of drug-likeness (QED) is 0.352. The van der Waals surface area contributed by atoms with Crippen molar-refractivity contribution < 1.29 is 22.8 Å². The van der Waals surface area contributed by atoms with E-state index in [2.05, 4.69) is 10.3 Å². The van der Waals surface area contributed by atoms with Crippen molar-refractivity contribution in [2.24, 2.45) is 34.7 Å². The Kier molecular flexibility index (Phi) is 6.65. The molecule has 3 aromatic rings. The Morgan fingerprint density at radius 1 is 1.05 bits per heavy atom. The molecule has 4 N–H and O–H groups in total. The molecule has 2 saturated carbocycles. The van der Waals surface area contributed by atoms with Gasteiger partial charge in [-0.15, -0.1) is 11.8 Å². The van der Waals surface area contributed by atoms with Crippen molar-refractivity contribution in [3.05, 3.63) is 72.6 Å². The molecule has 3 amide bonds. The van der Waals surface area contributed by atoms with Gasteiger partial charge in [-0.1, -0.05) is 46.7 Å². The van der Waals surface area contributed by atoms with Crippen LogP contribution in [-0.4, -0.2) is 47.8 Å². The minimum Gasteiger partial charge on any atom is -0.325 e.